The number of para-hydroxylation sites is 1. The summed E-state index contributed by atoms with van der Waals surface area (Å²) in [5.74, 6) is 0.810. The Morgan fingerprint density at radius 3 is 2.28 bits per heavy atom. The quantitative estimate of drug-likeness (QED) is 0.840. The first-order chi connectivity index (χ1) is 12.2. The molecule has 4 heteroatoms. The molecule has 1 atom stereocenters. The number of benzene rings is 2. The van der Waals surface area contributed by atoms with Crippen molar-refractivity contribution in [2.75, 3.05) is 39.3 Å². The van der Waals surface area contributed by atoms with Crippen molar-refractivity contribution >= 4 is 0 Å². The summed E-state index contributed by atoms with van der Waals surface area (Å²) in [4.78, 5) is 4.82. The molecule has 1 aliphatic rings. The van der Waals surface area contributed by atoms with Crippen LogP contribution in [0.4, 0.5) is 0 Å². The molecule has 4 nitrogen and oxygen atoms in total. The number of nitrogens with zero attached hydrogens (tertiary/aromatic N) is 2. The number of hydrogen-bond acceptors (Lipinski definition) is 4. The zero-order chi connectivity index (χ0) is 17.5. The monoisotopic (exact) mass is 340 g/mol. The van der Waals surface area contributed by atoms with Gasteiger partial charge in [-0.3, -0.25) is 9.80 Å². The Morgan fingerprint density at radius 2 is 1.56 bits per heavy atom. The second kappa shape index (κ2) is 8.99. The third kappa shape index (κ3) is 5.56. The molecular weight excluding hydrogens is 312 g/mol. The number of piperazine rings is 1. The minimum atomic E-state index is -0.455. The van der Waals surface area contributed by atoms with E-state index in [-0.39, 0.29) is 0 Å². The van der Waals surface area contributed by atoms with Crippen molar-refractivity contribution in [3.63, 3.8) is 0 Å². The van der Waals surface area contributed by atoms with Crippen LogP contribution in [-0.2, 0) is 6.54 Å². The molecular formula is C21H28N2O2. The highest BCUT2D eigenvalue weighted by atomic mass is 16.5. The minimum absolute atomic E-state index is 0.341. The lowest BCUT2D eigenvalue weighted by molar-refractivity contribution is 0.0446. The van der Waals surface area contributed by atoms with Gasteiger partial charge in [0, 0.05) is 39.3 Å². The van der Waals surface area contributed by atoms with Crippen molar-refractivity contribution in [3.05, 3.63) is 65.7 Å². The third-order valence-electron chi connectivity index (χ3n) is 4.77. The predicted molar refractivity (Wildman–Crippen MR) is 101 cm³/mol. The lowest BCUT2D eigenvalue weighted by Crippen LogP contribution is -2.48. The second-order valence-corrected chi connectivity index (χ2v) is 6.78. The smallest absolute Gasteiger partial charge is 0.119 e. The van der Waals surface area contributed by atoms with Gasteiger partial charge in [-0.15, -0.1) is 0 Å². The average molecular weight is 340 g/mol. The van der Waals surface area contributed by atoms with Crippen molar-refractivity contribution in [2.45, 2.75) is 19.6 Å². The van der Waals surface area contributed by atoms with Crippen LogP contribution < -0.4 is 4.74 Å². The molecule has 3 rings (SSSR count). The maximum Gasteiger partial charge on any atom is 0.119 e. The second-order valence-electron chi connectivity index (χ2n) is 6.78. The van der Waals surface area contributed by atoms with E-state index in [0.717, 1.165) is 38.5 Å². The Hall–Kier alpha value is -1.88. The molecule has 0 aromatic heterocycles. The van der Waals surface area contributed by atoms with Gasteiger partial charge < -0.3 is 9.84 Å². The Kier molecular flexibility index (Phi) is 6.45. The molecule has 0 spiro atoms. The standard InChI is InChI=1S/C21H28N2O2/c1-18-7-5-6-8-19(18)15-22-11-13-23(14-12-22)16-20(24)17-25-21-9-3-2-4-10-21/h2-10,20,24H,11-17H2,1H3. The van der Waals surface area contributed by atoms with Crippen LogP contribution in [0, 0.1) is 6.92 Å². The van der Waals surface area contributed by atoms with Crippen LogP contribution in [0.1, 0.15) is 11.1 Å². The van der Waals surface area contributed by atoms with Crippen LogP contribution in [0.3, 0.4) is 0 Å². The summed E-state index contributed by atoms with van der Waals surface area (Å²) in [6, 6.07) is 18.3. The van der Waals surface area contributed by atoms with Gasteiger partial charge in [0.05, 0.1) is 0 Å². The molecule has 0 saturated carbocycles. The lowest BCUT2D eigenvalue weighted by Gasteiger charge is -2.35. The Balaban J connectivity index is 1.38. The van der Waals surface area contributed by atoms with Gasteiger partial charge in [0.1, 0.15) is 18.5 Å². The van der Waals surface area contributed by atoms with E-state index in [1.165, 1.54) is 11.1 Å². The van der Waals surface area contributed by atoms with Crippen LogP contribution >= 0.6 is 0 Å². The molecule has 1 heterocycles. The number of aliphatic hydroxyl groups excluding tert-OH is 1. The average Bonchev–Trinajstić information content (AvgIpc) is 2.64. The van der Waals surface area contributed by atoms with Gasteiger partial charge in [0.25, 0.3) is 0 Å². The number of aryl methyl sites for hydroxylation is 1. The third-order valence-corrected chi connectivity index (χ3v) is 4.77. The van der Waals surface area contributed by atoms with E-state index in [2.05, 4.69) is 41.0 Å². The molecule has 0 radical (unpaired) electrons. The summed E-state index contributed by atoms with van der Waals surface area (Å²) in [5, 5.41) is 10.2. The van der Waals surface area contributed by atoms with E-state index in [4.69, 9.17) is 4.74 Å². The van der Waals surface area contributed by atoms with Crippen molar-refractivity contribution < 1.29 is 9.84 Å². The largest absolute Gasteiger partial charge is 0.491 e. The zero-order valence-electron chi connectivity index (χ0n) is 15.0. The molecule has 0 bridgehead atoms. The van der Waals surface area contributed by atoms with Crippen molar-refractivity contribution in [2.24, 2.45) is 0 Å². The fourth-order valence-electron chi connectivity index (χ4n) is 3.22. The van der Waals surface area contributed by atoms with Gasteiger partial charge in [-0.2, -0.15) is 0 Å². The van der Waals surface area contributed by atoms with E-state index < -0.39 is 6.10 Å². The van der Waals surface area contributed by atoms with Crippen LogP contribution in [0.2, 0.25) is 0 Å². The molecule has 1 aliphatic heterocycles. The molecule has 0 aliphatic carbocycles. The summed E-state index contributed by atoms with van der Waals surface area (Å²) in [5.41, 5.74) is 2.77. The first-order valence-electron chi connectivity index (χ1n) is 9.06. The molecule has 2 aromatic rings. The number of aliphatic hydroxyl groups is 1. The summed E-state index contributed by atoms with van der Waals surface area (Å²) in [7, 11) is 0. The van der Waals surface area contributed by atoms with Crippen molar-refractivity contribution in [1.82, 2.24) is 9.80 Å². The zero-order valence-corrected chi connectivity index (χ0v) is 15.0. The molecule has 1 fully saturated rings. The molecule has 1 N–H and O–H groups in total. The number of ether oxygens (including phenoxy) is 1. The predicted octanol–water partition coefficient (Wildman–Crippen LogP) is 2.55. The van der Waals surface area contributed by atoms with Crippen LogP contribution in [-0.4, -0.2) is 60.3 Å². The van der Waals surface area contributed by atoms with Crippen LogP contribution in [0.25, 0.3) is 0 Å². The van der Waals surface area contributed by atoms with Gasteiger partial charge >= 0.3 is 0 Å². The summed E-state index contributed by atoms with van der Waals surface area (Å²) < 4.78 is 5.64. The minimum Gasteiger partial charge on any atom is -0.491 e. The normalized spacial score (nSPS) is 17.4. The first-order valence-corrected chi connectivity index (χ1v) is 9.06. The highest BCUT2D eigenvalue weighted by Crippen LogP contribution is 2.13. The summed E-state index contributed by atoms with van der Waals surface area (Å²) in [6.07, 6.45) is -0.455. The molecule has 1 unspecified atom stereocenters. The van der Waals surface area contributed by atoms with E-state index >= 15 is 0 Å². The van der Waals surface area contributed by atoms with Gasteiger partial charge in [-0.1, -0.05) is 42.5 Å². The topological polar surface area (TPSA) is 35.9 Å². The Labute approximate surface area is 150 Å². The summed E-state index contributed by atoms with van der Waals surface area (Å²) >= 11 is 0. The fraction of sp³-hybridized carbons (Fsp3) is 0.429. The lowest BCUT2D eigenvalue weighted by atomic mass is 10.1. The SMILES string of the molecule is Cc1ccccc1CN1CCN(CC(O)COc2ccccc2)CC1. The van der Waals surface area contributed by atoms with Gasteiger partial charge in [0.2, 0.25) is 0 Å². The Morgan fingerprint density at radius 1 is 0.920 bits per heavy atom. The first kappa shape index (κ1) is 17.9. The molecule has 2 aromatic carbocycles. The van der Waals surface area contributed by atoms with Crippen molar-refractivity contribution in [3.8, 4) is 5.75 Å². The number of hydrogen-bond donors (Lipinski definition) is 1. The van der Waals surface area contributed by atoms with Gasteiger partial charge in [-0.25, -0.2) is 0 Å². The maximum atomic E-state index is 10.2. The molecule has 25 heavy (non-hydrogen) atoms. The highest BCUT2D eigenvalue weighted by Gasteiger charge is 2.19. The van der Waals surface area contributed by atoms with Crippen LogP contribution in [0.5, 0.6) is 5.75 Å². The Bertz CT molecular complexity index is 639. The number of β-amino-alcohol motifs (C(OH)–C–C–N with tert-alkyl or cyclic N) is 1. The fourth-order valence-corrected chi connectivity index (χ4v) is 3.22. The van der Waals surface area contributed by atoms with Gasteiger partial charge in [0.15, 0.2) is 0 Å². The van der Waals surface area contributed by atoms with E-state index in [1.54, 1.807) is 0 Å². The van der Waals surface area contributed by atoms with Crippen LogP contribution in [0.15, 0.2) is 54.6 Å². The number of rotatable bonds is 7. The van der Waals surface area contributed by atoms with Crippen molar-refractivity contribution in [1.29, 1.82) is 0 Å². The van der Waals surface area contributed by atoms with Gasteiger partial charge in [-0.05, 0) is 30.2 Å². The molecule has 1 saturated heterocycles. The molecule has 0 amide bonds. The highest BCUT2D eigenvalue weighted by molar-refractivity contribution is 5.25. The summed E-state index contributed by atoms with van der Waals surface area (Å²) in [6.45, 7) is 8.27. The van der Waals surface area contributed by atoms with E-state index in [0.29, 0.717) is 13.2 Å². The maximum absolute atomic E-state index is 10.2. The van der Waals surface area contributed by atoms with E-state index in [9.17, 15) is 5.11 Å². The van der Waals surface area contributed by atoms with E-state index in [1.807, 2.05) is 30.3 Å². The molecule has 134 valence electrons.